The van der Waals surface area contributed by atoms with E-state index in [0.29, 0.717) is 0 Å². The summed E-state index contributed by atoms with van der Waals surface area (Å²) in [6.45, 7) is 18.3. The van der Waals surface area contributed by atoms with E-state index in [-0.39, 0.29) is 16.9 Å². The average molecular weight is 237 g/mol. The predicted molar refractivity (Wildman–Crippen MR) is 68.7 cm³/mol. The van der Waals surface area contributed by atoms with Crippen molar-refractivity contribution in [2.24, 2.45) is 5.41 Å². The molecule has 1 atom stereocenters. The van der Waals surface area contributed by atoms with Gasteiger partial charge in [0.2, 0.25) is 0 Å². The van der Waals surface area contributed by atoms with Crippen LogP contribution in [0.2, 0.25) is 0 Å². The molecule has 3 aliphatic rings. The summed E-state index contributed by atoms with van der Waals surface area (Å²) in [4.78, 5) is 5.18. The maximum atomic E-state index is 4.19. The topological polar surface area (TPSA) is 31.0 Å². The van der Waals surface area contributed by atoms with Crippen molar-refractivity contribution in [2.75, 3.05) is 26.2 Å². The fourth-order valence-corrected chi connectivity index (χ4v) is 3.25. The average Bonchev–Trinajstić information content (AvgIpc) is 3.04. The lowest BCUT2D eigenvalue weighted by molar-refractivity contribution is -0.125. The summed E-state index contributed by atoms with van der Waals surface area (Å²) in [6.07, 6.45) is 0.953. The molecule has 4 nitrogen and oxygen atoms in total. The summed E-state index contributed by atoms with van der Waals surface area (Å²) in [5, 5.41) is 2.45. The van der Waals surface area contributed by atoms with Gasteiger partial charge in [-0.05, 0) is 20.3 Å². The zero-order chi connectivity index (χ0) is 12.5. The van der Waals surface area contributed by atoms with E-state index in [4.69, 9.17) is 0 Å². The first kappa shape index (κ1) is 11.9. The smallest absolute Gasteiger partial charge is 0.151 e. The van der Waals surface area contributed by atoms with Crippen LogP contribution in [0, 0.1) is 12.3 Å². The second-order valence-electron chi connectivity index (χ2n) is 6.75. The normalized spacial score (nSPS) is 32.6. The van der Waals surface area contributed by atoms with Gasteiger partial charge >= 0.3 is 0 Å². The van der Waals surface area contributed by atoms with E-state index in [2.05, 4.69) is 54.9 Å². The van der Waals surface area contributed by atoms with Gasteiger partial charge < -0.3 is 0 Å². The van der Waals surface area contributed by atoms with Crippen LogP contribution in [-0.2, 0) is 0 Å². The predicted octanol–water partition coefficient (Wildman–Crippen LogP) is 1.08. The van der Waals surface area contributed by atoms with Crippen molar-refractivity contribution in [3.05, 3.63) is 6.92 Å². The van der Waals surface area contributed by atoms with Gasteiger partial charge in [-0.25, -0.2) is 5.43 Å². The first-order chi connectivity index (χ1) is 7.86. The van der Waals surface area contributed by atoms with Crippen molar-refractivity contribution in [1.29, 1.82) is 0 Å². The van der Waals surface area contributed by atoms with E-state index in [1.807, 2.05) is 0 Å². The lowest BCUT2D eigenvalue weighted by atomic mass is 9.80. The molecule has 0 aliphatic carbocycles. The van der Waals surface area contributed by atoms with Gasteiger partial charge in [-0.1, -0.05) is 20.8 Å². The first-order valence-electron chi connectivity index (χ1n) is 6.74. The highest BCUT2D eigenvalue weighted by molar-refractivity contribution is 5.14. The minimum Gasteiger partial charge on any atom is -0.269 e. The molecule has 3 saturated heterocycles. The second kappa shape index (κ2) is 3.23. The van der Waals surface area contributed by atoms with Gasteiger partial charge in [0.25, 0.3) is 0 Å². The Morgan fingerprint density at radius 3 is 1.76 bits per heavy atom. The van der Waals surface area contributed by atoms with Crippen LogP contribution in [0.3, 0.4) is 0 Å². The molecule has 3 rings (SSSR count). The van der Waals surface area contributed by atoms with Crippen LogP contribution in [0.1, 0.15) is 34.1 Å². The van der Waals surface area contributed by atoms with Crippen LogP contribution < -0.4 is 5.43 Å². The molecule has 1 unspecified atom stereocenters. The van der Waals surface area contributed by atoms with Crippen LogP contribution in [0.15, 0.2) is 0 Å². The Hall–Kier alpha value is -0.160. The summed E-state index contributed by atoms with van der Waals surface area (Å²) >= 11 is 0. The third-order valence-corrected chi connectivity index (χ3v) is 4.52. The van der Waals surface area contributed by atoms with Gasteiger partial charge in [-0.15, -0.1) is 0 Å². The van der Waals surface area contributed by atoms with Gasteiger partial charge in [-0.2, -0.15) is 5.01 Å². The quantitative estimate of drug-likeness (QED) is 0.725. The summed E-state index contributed by atoms with van der Waals surface area (Å²) in [5.41, 5.74) is 3.84. The van der Waals surface area contributed by atoms with Crippen molar-refractivity contribution in [3.63, 3.8) is 0 Å². The highest BCUT2D eigenvalue weighted by atomic mass is 15.9. The maximum absolute atomic E-state index is 4.19. The van der Waals surface area contributed by atoms with Gasteiger partial charge in [0.15, 0.2) is 5.79 Å². The molecule has 17 heavy (non-hydrogen) atoms. The Balaban J connectivity index is 1.99. The molecule has 0 saturated carbocycles. The molecule has 4 heteroatoms. The maximum Gasteiger partial charge on any atom is 0.151 e. The van der Waals surface area contributed by atoms with E-state index >= 15 is 0 Å². The number of nitrogens with zero attached hydrogens (tertiary/aromatic N) is 3. The fraction of sp³-hybridized carbons (Fsp3) is 0.923. The van der Waals surface area contributed by atoms with E-state index in [1.54, 1.807) is 0 Å². The number of nitrogens with one attached hydrogen (secondary N) is 1. The Labute approximate surface area is 105 Å². The minimum absolute atomic E-state index is 0.0399. The van der Waals surface area contributed by atoms with Crippen molar-refractivity contribution < 1.29 is 0 Å². The standard InChI is InChI=1S/C13H25N4/c1-6-11(2,3)13(15-7-8-15,16-9-10-16)17-12(4,5)14-17/h14H,1,6-10H2,2-5H3. The molecule has 0 bridgehead atoms. The lowest BCUT2D eigenvalue weighted by Crippen LogP contribution is -2.64. The Morgan fingerprint density at radius 1 is 1.12 bits per heavy atom. The molecule has 1 radical (unpaired) electrons. The zero-order valence-corrected chi connectivity index (χ0v) is 11.6. The van der Waals surface area contributed by atoms with E-state index in [1.165, 1.54) is 26.2 Å². The molecule has 0 aromatic heterocycles. The summed E-state index contributed by atoms with van der Waals surface area (Å²) in [7, 11) is 0. The van der Waals surface area contributed by atoms with Gasteiger partial charge in [0, 0.05) is 31.6 Å². The molecule has 1 N–H and O–H groups in total. The monoisotopic (exact) mass is 237 g/mol. The first-order valence-corrected chi connectivity index (χ1v) is 6.74. The van der Waals surface area contributed by atoms with Gasteiger partial charge in [0.1, 0.15) is 0 Å². The largest absolute Gasteiger partial charge is 0.269 e. The Morgan fingerprint density at radius 2 is 1.53 bits per heavy atom. The van der Waals surface area contributed by atoms with Crippen molar-refractivity contribution >= 4 is 0 Å². The highest BCUT2D eigenvalue weighted by Crippen LogP contribution is 2.53. The van der Waals surface area contributed by atoms with Crippen LogP contribution >= 0.6 is 0 Å². The lowest BCUT2D eigenvalue weighted by Gasteiger charge is -2.50. The van der Waals surface area contributed by atoms with Crippen LogP contribution in [-0.4, -0.2) is 52.4 Å². The van der Waals surface area contributed by atoms with Crippen LogP contribution in [0.5, 0.6) is 0 Å². The summed E-state index contributed by atoms with van der Waals surface area (Å²) < 4.78 is 0. The third-order valence-electron chi connectivity index (χ3n) is 4.52. The molecule has 3 fully saturated rings. The molecular formula is C13H25N4. The molecule has 0 spiro atoms. The van der Waals surface area contributed by atoms with Crippen LogP contribution in [0.25, 0.3) is 0 Å². The van der Waals surface area contributed by atoms with Crippen molar-refractivity contribution in [1.82, 2.24) is 20.2 Å². The van der Waals surface area contributed by atoms with E-state index in [0.717, 1.165) is 6.42 Å². The van der Waals surface area contributed by atoms with Crippen molar-refractivity contribution in [3.8, 4) is 0 Å². The molecule has 0 aromatic rings. The summed E-state index contributed by atoms with van der Waals surface area (Å²) in [5.74, 6) is 0.0399. The van der Waals surface area contributed by atoms with Crippen LogP contribution in [0.4, 0.5) is 0 Å². The molecule has 97 valence electrons. The Kier molecular flexibility index (Phi) is 2.26. The van der Waals surface area contributed by atoms with Gasteiger partial charge in [0.05, 0.1) is 5.66 Å². The number of hydrazine groups is 1. The molecule has 3 heterocycles. The fourth-order valence-electron chi connectivity index (χ4n) is 3.25. The highest BCUT2D eigenvalue weighted by Gasteiger charge is 2.70. The number of hydrogen-bond donors (Lipinski definition) is 1. The SMILES string of the molecule is [CH2]CC(C)(C)C(N1CC1)(N1CC1)N1NC1(C)C. The molecular weight excluding hydrogens is 212 g/mol. The number of rotatable bonds is 5. The number of hydrogen-bond acceptors (Lipinski definition) is 4. The minimum atomic E-state index is 0.0399. The molecule has 0 aromatic carbocycles. The van der Waals surface area contributed by atoms with Gasteiger partial charge in [-0.3, -0.25) is 9.80 Å². The second-order valence-corrected chi connectivity index (χ2v) is 6.75. The molecule has 3 aliphatic heterocycles. The van der Waals surface area contributed by atoms with E-state index in [9.17, 15) is 0 Å². The summed E-state index contributed by atoms with van der Waals surface area (Å²) in [6, 6.07) is 0. The van der Waals surface area contributed by atoms with E-state index < -0.39 is 0 Å². The zero-order valence-electron chi connectivity index (χ0n) is 11.6. The molecule has 0 amide bonds. The van der Waals surface area contributed by atoms with Crippen molar-refractivity contribution in [2.45, 2.75) is 45.6 Å². The third kappa shape index (κ3) is 1.51. The Bertz CT molecular complexity index is 316.